The number of rotatable bonds is 11. The van der Waals surface area contributed by atoms with Crippen LogP contribution in [0.4, 0.5) is 0 Å². The van der Waals surface area contributed by atoms with Gasteiger partial charge in [-0.2, -0.15) is 5.82 Å². The van der Waals surface area contributed by atoms with Crippen LogP contribution in [0.5, 0.6) is 0 Å². The van der Waals surface area contributed by atoms with Gasteiger partial charge in [0, 0.05) is 63.9 Å². The number of likely N-dealkylation sites (N-methyl/N-ethyl adjacent to an activating group) is 1. The highest BCUT2D eigenvalue weighted by Crippen LogP contribution is 2.48. The van der Waals surface area contributed by atoms with Crippen LogP contribution in [0.25, 0.3) is 0 Å². The molecule has 0 spiro atoms. The molecule has 0 heterocycles. The number of nitrogens with zero attached hydrogens (tertiary/aromatic N) is 1. The van der Waals surface area contributed by atoms with Gasteiger partial charge in [0.2, 0.25) is 0 Å². The third-order valence-electron chi connectivity index (χ3n) is 13.8. The highest BCUT2D eigenvalue weighted by atomic mass is 35.5. The van der Waals surface area contributed by atoms with E-state index in [1.165, 1.54) is 80.9 Å². The molecular weight excluding hydrogens is 885 g/mol. The van der Waals surface area contributed by atoms with Gasteiger partial charge in [-0.25, -0.2) is 0 Å². The highest BCUT2D eigenvalue weighted by molar-refractivity contribution is 6.31. The third-order valence-corrected chi connectivity index (χ3v) is 14.8. The van der Waals surface area contributed by atoms with Gasteiger partial charge in [-0.15, -0.1) is 5.92 Å². The van der Waals surface area contributed by atoms with E-state index in [0.29, 0.717) is 16.9 Å². The number of aliphatic imine (C=N–C) groups is 1. The van der Waals surface area contributed by atoms with E-state index >= 15 is 0 Å². The first-order valence-electron chi connectivity index (χ1n) is 23.4. The topological polar surface area (TPSA) is 50.7 Å². The number of hydrogen-bond donors (Lipinski definition) is 1. The standard InChI is InChI=1S/C16H24ClN.C12H14ClN.C11H11ClO.C11H13Cl.C3H3B.C3H8O/c1-12(2)11-15(18-3)16(9-4-10-16)13-5-7-14(17)8-6-13;1-14-9-12(7-2-8-12)10-3-5-11(13)6-4-10;12-10-4-2-9(3-5-10)11(8-13)6-1-7-11;1-11(7-2-8-11)9-3-5-10(12)6-4-9;1-2-3-4;1-3-4-2/h5-8,12,15,18H,4,9-11H2,1-3H3;3-6,9H,2,7-8H2,1H3;2-5,8H,1,6-7H2;3-6H,2,7-8H2,1H3;1H3;3H2,1-2H3. The molecule has 8 rings (SSSR count). The Morgan fingerprint density at radius 1 is 0.677 bits per heavy atom. The molecule has 4 aromatic rings. The van der Waals surface area contributed by atoms with Gasteiger partial charge in [-0.05, 0) is 161 Å². The molecule has 0 aromatic heterocycles. The smallest absolute Gasteiger partial charge is 0.187 e. The van der Waals surface area contributed by atoms with E-state index in [-0.39, 0.29) is 10.8 Å². The van der Waals surface area contributed by atoms with Crippen molar-refractivity contribution in [2.24, 2.45) is 10.9 Å². The third kappa shape index (κ3) is 16.3. The van der Waals surface area contributed by atoms with Gasteiger partial charge < -0.3 is 14.8 Å². The number of methoxy groups -OCH3 is 1. The fraction of sp³-hybridized carbons (Fsp3) is 0.500. The monoisotopic (exact) mass is 956 g/mol. The average Bonchev–Trinajstić information content (AvgIpc) is 3.26. The second-order valence-electron chi connectivity index (χ2n) is 18.4. The van der Waals surface area contributed by atoms with Gasteiger partial charge >= 0.3 is 0 Å². The Kier molecular flexibility index (Phi) is 24.5. The molecule has 4 aromatic carbocycles. The van der Waals surface area contributed by atoms with Crippen molar-refractivity contribution in [2.45, 2.75) is 146 Å². The van der Waals surface area contributed by atoms with Crippen LogP contribution in [0.1, 0.15) is 140 Å². The fourth-order valence-corrected chi connectivity index (χ4v) is 9.51. The zero-order valence-electron chi connectivity index (χ0n) is 40.3. The van der Waals surface area contributed by atoms with Crippen molar-refractivity contribution in [3.05, 3.63) is 139 Å². The van der Waals surface area contributed by atoms with Crippen molar-refractivity contribution in [2.75, 3.05) is 27.8 Å². The Bertz CT molecular complexity index is 2040. The van der Waals surface area contributed by atoms with Crippen LogP contribution >= 0.6 is 46.4 Å². The molecule has 4 fully saturated rings. The van der Waals surface area contributed by atoms with Crippen molar-refractivity contribution in [3.63, 3.8) is 0 Å². The first kappa shape index (κ1) is 56.2. The number of aldehydes is 1. The molecule has 1 N–H and O–H groups in total. The summed E-state index contributed by atoms with van der Waals surface area (Å²) in [6, 6.07) is 33.1. The lowest BCUT2D eigenvalue weighted by Gasteiger charge is -2.49. The van der Waals surface area contributed by atoms with Crippen molar-refractivity contribution in [3.8, 4) is 11.7 Å². The van der Waals surface area contributed by atoms with E-state index in [1.807, 2.05) is 74.6 Å². The lowest BCUT2D eigenvalue weighted by molar-refractivity contribution is -0.115. The normalized spacial score (nSPS) is 17.9. The predicted octanol–water partition coefficient (Wildman–Crippen LogP) is 15.4. The summed E-state index contributed by atoms with van der Waals surface area (Å²) < 4.78 is 4.54. The summed E-state index contributed by atoms with van der Waals surface area (Å²) in [6.45, 7) is 11.4. The minimum absolute atomic E-state index is 0.190. The van der Waals surface area contributed by atoms with Crippen molar-refractivity contribution >= 4 is 66.8 Å². The van der Waals surface area contributed by atoms with Gasteiger partial charge in [-0.1, -0.05) is 141 Å². The number of hydrogen-bond acceptors (Lipinski definition) is 4. The van der Waals surface area contributed by atoms with Crippen molar-refractivity contribution in [1.82, 2.24) is 5.32 Å². The maximum Gasteiger partial charge on any atom is 0.187 e. The molecule has 9 heteroatoms. The van der Waals surface area contributed by atoms with E-state index < -0.39 is 0 Å². The van der Waals surface area contributed by atoms with E-state index in [0.717, 1.165) is 63.7 Å². The largest absolute Gasteiger partial charge is 0.385 e. The maximum absolute atomic E-state index is 11.0. The minimum atomic E-state index is -0.190. The van der Waals surface area contributed by atoms with Crippen LogP contribution in [-0.2, 0) is 31.2 Å². The molecule has 0 amide bonds. The fourth-order valence-electron chi connectivity index (χ4n) is 9.01. The summed E-state index contributed by atoms with van der Waals surface area (Å²) in [5, 5.41) is 6.75. The van der Waals surface area contributed by atoms with Crippen LogP contribution < -0.4 is 5.32 Å². The molecule has 1 atom stereocenters. The molecule has 350 valence electrons. The number of ether oxygens (including phenoxy) is 1. The van der Waals surface area contributed by atoms with Crippen molar-refractivity contribution < 1.29 is 9.53 Å². The molecule has 2 radical (unpaired) electrons. The Balaban J connectivity index is 0.000000220. The number of halogens is 4. The van der Waals surface area contributed by atoms with Gasteiger partial charge in [0.15, 0.2) is 7.85 Å². The Morgan fingerprint density at radius 3 is 1.28 bits per heavy atom. The van der Waals surface area contributed by atoms with Gasteiger partial charge in [0.1, 0.15) is 6.29 Å². The van der Waals surface area contributed by atoms with Gasteiger partial charge in [0.05, 0.1) is 5.41 Å². The predicted molar refractivity (Wildman–Crippen MR) is 283 cm³/mol. The lowest BCUT2D eigenvalue weighted by atomic mass is 9.59. The Labute approximate surface area is 414 Å². The summed E-state index contributed by atoms with van der Waals surface area (Å²) in [5.41, 5.74) is 6.16. The van der Waals surface area contributed by atoms with Crippen LogP contribution in [0.2, 0.25) is 20.1 Å². The number of nitrogens with one attached hydrogen (secondary N) is 1. The molecule has 4 aliphatic rings. The lowest BCUT2D eigenvalue weighted by Crippen LogP contribution is -2.52. The number of carbonyl (C=O) groups is 1. The van der Waals surface area contributed by atoms with Crippen LogP contribution in [0.3, 0.4) is 0 Å². The molecule has 65 heavy (non-hydrogen) atoms. The van der Waals surface area contributed by atoms with E-state index in [9.17, 15) is 4.79 Å². The average molecular weight is 959 g/mol. The molecule has 0 aliphatic heterocycles. The van der Waals surface area contributed by atoms with E-state index in [1.54, 1.807) is 14.0 Å². The quantitative estimate of drug-likeness (QED) is 0.0705. The summed E-state index contributed by atoms with van der Waals surface area (Å²) in [4.78, 5) is 15.1. The van der Waals surface area contributed by atoms with E-state index in [2.05, 4.69) is 105 Å². The van der Waals surface area contributed by atoms with Gasteiger partial charge in [-0.3, -0.25) is 4.99 Å². The molecule has 4 aliphatic carbocycles. The molecular formula is C56H73BCl4N2O2. The first-order valence-corrected chi connectivity index (χ1v) is 24.9. The Hall–Kier alpha value is -3.08. The second kappa shape index (κ2) is 28.3. The van der Waals surface area contributed by atoms with Crippen LogP contribution in [0, 0.1) is 17.7 Å². The molecule has 4 saturated carbocycles. The molecule has 0 bridgehead atoms. The SMILES string of the molecule is CC1(c2ccc(Cl)cc2)CCC1.CCOC.CN=CC1(c2ccc(Cl)cc2)CCC1.CNC(CC(C)C)C1(c2ccc(Cl)cc2)CCC1.O=CC1(c2ccc(Cl)cc2)CCC1.[B]C#CC. The Morgan fingerprint density at radius 2 is 1.03 bits per heavy atom. The van der Waals surface area contributed by atoms with Gasteiger partial charge in [0.25, 0.3) is 0 Å². The molecule has 0 saturated heterocycles. The summed E-state index contributed by atoms with van der Waals surface area (Å²) >= 11 is 23.5. The second-order valence-corrected chi connectivity index (χ2v) is 20.2. The van der Waals surface area contributed by atoms with Crippen molar-refractivity contribution in [1.29, 1.82) is 0 Å². The zero-order chi connectivity index (χ0) is 47.9. The van der Waals surface area contributed by atoms with Crippen LogP contribution in [-0.4, -0.2) is 54.2 Å². The maximum atomic E-state index is 11.0. The molecule has 4 nitrogen and oxygen atoms in total. The zero-order valence-corrected chi connectivity index (χ0v) is 43.3. The number of benzene rings is 4. The first-order chi connectivity index (χ1) is 31.1. The highest BCUT2D eigenvalue weighted by Gasteiger charge is 2.45. The number of carbonyl (C=O) groups excluding carboxylic acids is 1. The summed E-state index contributed by atoms with van der Waals surface area (Å²) in [6.07, 6.45) is 19.2. The summed E-state index contributed by atoms with van der Waals surface area (Å²) in [7, 11) is 10.3. The van der Waals surface area contributed by atoms with Crippen LogP contribution in [0.15, 0.2) is 102 Å². The summed E-state index contributed by atoms with van der Waals surface area (Å²) in [5.74, 6) is 5.37. The minimum Gasteiger partial charge on any atom is -0.385 e. The van der Waals surface area contributed by atoms with E-state index in [4.69, 9.17) is 46.4 Å². The molecule has 1 unspecified atom stereocenters.